The minimum Gasteiger partial charge on any atom is -0.378 e. The molecule has 0 aromatic carbocycles. The van der Waals surface area contributed by atoms with Gasteiger partial charge in [0, 0.05) is 30.9 Å². The number of morpholine rings is 1. The predicted octanol–water partition coefficient (Wildman–Crippen LogP) is 2.79. The van der Waals surface area contributed by atoms with E-state index in [9.17, 15) is 4.79 Å². The number of hydrogen-bond donors (Lipinski definition) is 0. The van der Waals surface area contributed by atoms with Crippen molar-refractivity contribution in [1.82, 2.24) is 28.8 Å². The summed E-state index contributed by atoms with van der Waals surface area (Å²) < 4.78 is 9.38. The van der Waals surface area contributed by atoms with Crippen LogP contribution in [0.25, 0.3) is 17.0 Å². The van der Waals surface area contributed by atoms with Crippen molar-refractivity contribution in [3.05, 3.63) is 58.2 Å². The Morgan fingerprint density at radius 1 is 1.17 bits per heavy atom. The van der Waals surface area contributed by atoms with Crippen LogP contribution < -0.4 is 0 Å². The lowest BCUT2D eigenvalue weighted by molar-refractivity contribution is 0.0301. The summed E-state index contributed by atoms with van der Waals surface area (Å²) in [6, 6.07) is 5.78. The van der Waals surface area contributed by atoms with Crippen LogP contribution in [0.2, 0.25) is 0 Å². The molecule has 0 spiro atoms. The molecule has 1 fully saturated rings. The van der Waals surface area contributed by atoms with Crippen molar-refractivity contribution in [2.75, 3.05) is 26.3 Å². The number of imidazole rings is 2. The summed E-state index contributed by atoms with van der Waals surface area (Å²) in [7, 11) is 0. The molecule has 0 radical (unpaired) electrons. The molecule has 0 saturated carbocycles. The van der Waals surface area contributed by atoms with Gasteiger partial charge in [-0.15, -0.1) is 11.3 Å². The number of ether oxygens (including phenoxy) is 1. The SMILES string of the molecule is Cc1nc(Cn2cc(-c3nc(C(=O)N4CCOCC4)c4ccccn34)nc2C)cs1. The van der Waals surface area contributed by atoms with Gasteiger partial charge in [0.15, 0.2) is 11.5 Å². The molecule has 5 heterocycles. The van der Waals surface area contributed by atoms with Gasteiger partial charge in [0.25, 0.3) is 5.91 Å². The van der Waals surface area contributed by atoms with E-state index in [1.54, 1.807) is 16.2 Å². The molecule has 1 saturated heterocycles. The Kier molecular flexibility index (Phi) is 4.84. The summed E-state index contributed by atoms with van der Waals surface area (Å²) in [5.74, 6) is 1.48. The number of carbonyl (C=O) groups excluding carboxylic acids is 1. The number of hydrogen-bond acceptors (Lipinski definition) is 6. The first kappa shape index (κ1) is 19.0. The van der Waals surface area contributed by atoms with Gasteiger partial charge in [0.05, 0.1) is 36.0 Å². The smallest absolute Gasteiger partial charge is 0.274 e. The summed E-state index contributed by atoms with van der Waals surface area (Å²) in [5, 5.41) is 3.12. The molecule has 4 aromatic rings. The molecule has 5 rings (SSSR count). The van der Waals surface area contributed by atoms with Crippen LogP contribution in [-0.4, -0.2) is 61.0 Å². The molecule has 8 nitrogen and oxygen atoms in total. The van der Waals surface area contributed by atoms with E-state index in [1.165, 1.54) is 0 Å². The van der Waals surface area contributed by atoms with Crippen LogP contribution in [0.4, 0.5) is 0 Å². The van der Waals surface area contributed by atoms with Gasteiger partial charge in [-0.1, -0.05) is 6.07 Å². The molecule has 9 heteroatoms. The molecule has 1 aliphatic heterocycles. The summed E-state index contributed by atoms with van der Waals surface area (Å²) in [4.78, 5) is 29.0. The largest absolute Gasteiger partial charge is 0.378 e. The van der Waals surface area contributed by atoms with Crippen molar-refractivity contribution >= 4 is 22.8 Å². The summed E-state index contributed by atoms with van der Waals surface area (Å²) in [6.45, 7) is 6.92. The Hall–Kier alpha value is -3.04. The average Bonchev–Trinajstić information content (AvgIpc) is 3.46. The third kappa shape index (κ3) is 3.40. The summed E-state index contributed by atoms with van der Waals surface area (Å²) in [5.41, 5.74) is 2.99. The molecule has 30 heavy (non-hydrogen) atoms. The first-order chi connectivity index (χ1) is 14.6. The maximum Gasteiger partial charge on any atom is 0.274 e. The third-order valence-corrected chi connectivity index (χ3v) is 6.08. The quantitative estimate of drug-likeness (QED) is 0.505. The molecule has 1 aliphatic rings. The normalized spacial score (nSPS) is 14.5. The summed E-state index contributed by atoms with van der Waals surface area (Å²) in [6.07, 6.45) is 3.90. The Labute approximate surface area is 177 Å². The number of amides is 1. The zero-order chi connectivity index (χ0) is 20.7. The van der Waals surface area contributed by atoms with Crippen LogP contribution in [0.5, 0.6) is 0 Å². The molecule has 1 amide bonds. The van der Waals surface area contributed by atoms with Crippen molar-refractivity contribution in [1.29, 1.82) is 0 Å². The lowest BCUT2D eigenvalue weighted by Crippen LogP contribution is -2.40. The van der Waals surface area contributed by atoms with Crippen molar-refractivity contribution in [3.8, 4) is 11.5 Å². The minimum atomic E-state index is -0.0673. The number of aryl methyl sites for hydroxylation is 2. The molecule has 0 bridgehead atoms. The van der Waals surface area contributed by atoms with E-state index >= 15 is 0 Å². The standard InChI is InChI=1S/C21H22N6O2S/c1-14-22-17(12-26(14)11-16-13-30-15(2)23-16)20-24-19(18-5-3-4-6-27(18)20)21(28)25-7-9-29-10-8-25/h3-6,12-13H,7-11H2,1-2H3. The maximum absolute atomic E-state index is 13.1. The van der Waals surface area contributed by atoms with Crippen LogP contribution in [0.1, 0.15) is 27.0 Å². The van der Waals surface area contributed by atoms with Crippen LogP contribution >= 0.6 is 11.3 Å². The summed E-state index contributed by atoms with van der Waals surface area (Å²) >= 11 is 1.64. The number of aromatic nitrogens is 5. The molecule has 154 valence electrons. The monoisotopic (exact) mass is 422 g/mol. The van der Waals surface area contributed by atoms with Gasteiger partial charge in [-0.05, 0) is 26.0 Å². The molecular formula is C21H22N6O2S. The number of nitrogens with zero attached hydrogens (tertiary/aromatic N) is 6. The van der Waals surface area contributed by atoms with Crippen molar-refractivity contribution in [2.24, 2.45) is 0 Å². The fourth-order valence-electron chi connectivity index (χ4n) is 3.72. The highest BCUT2D eigenvalue weighted by atomic mass is 32.1. The number of fused-ring (bicyclic) bond motifs is 1. The second-order valence-electron chi connectivity index (χ2n) is 7.30. The molecular weight excluding hydrogens is 400 g/mol. The Morgan fingerprint density at radius 3 is 2.77 bits per heavy atom. The first-order valence-electron chi connectivity index (χ1n) is 9.89. The van der Waals surface area contributed by atoms with Gasteiger partial charge in [-0.2, -0.15) is 0 Å². The van der Waals surface area contributed by atoms with E-state index in [4.69, 9.17) is 14.7 Å². The number of pyridine rings is 1. The van der Waals surface area contributed by atoms with Gasteiger partial charge < -0.3 is 14.2 Å². The van der Waals surface area contributed by atoms with Gasteiger partial charge >= 0.3 is 0 Å². The van der Waals surface area contributed by atoms with Crippen molar-refractivity contribution in [2.45, 2.75) is 20.4 Å². The van der Waals surface area contributed by atoms with E-state index in [-0.39, 0.29) is 5.91 Å². The van der Waals surface area contributed by atoms with Gasteiger partial charge in [-0.3, -0.25) is 9.20 Å². The van der Waals surface area contributed by atoms with E-state index in [0.717, 1.165) is 27.7 Å². The van der Waals surface area contributed by atoms with E-state index in [1.807, 2.05) is 48.8 Å². The van der Waals surface area contributed by atoms with E-state index in [0.29, 0.717) is 44.4 Å². The lowest BCUT2D eigenvalue weighted by Gasteiger charge is -2.26. The Balaban J connectivity index is 1.53. The van der Waals surface area contributed by atoms with Crippen molar-refractivity contribution < 1.29 is 9.53 Å². The molecule has 0 N–H and O–H groups in total. The van der Waals surface area contributed by atoms with E-state index in [2.05, 4.69) is 14.9 Å². The first-order valence-corrected chi connectivity index (χ1v) is 10.8. The number of carbonyl (C=O) groups is 1. The molecule has 4 aromatic heterocycles. The highest BCUT2D eigenvalue weighted by molar-refractivity contribution is 7.09. The fourth-order valence-corrected chi connectivity index (χ4v) is 4.33. The van der Waals surface area contributed by atoms with Crippen LogP contribution in [0.3, 0.4) is 0 Å². The van der Waals surface area contributed by atoms with Crippen LogP contribution in [0.15, 0.2) is 36.0 Å². The number of rotatable bonds is 4. The highest BCUT2D eigenvalue weighted by Gasteiger charge is 2.25. The van der Waals surface area contributed by atoms with Crippen molar-refractivity contribution in [3.63, 3.8) is 0 Å². The third-order valence-electron chi connectivity index (χ3n) is 5.25. The van der Waals surface area contributed by atoms with Gasteiger partial charge in [0.1, 0.15) is 11.5 Å². The Morgan fingerprint density at radius 2 is 2.00 bits per heavy atom. The zero-order valence-electron chi connectivity index (χ0n) is 16.9. The average molecular weight is 423 g/mol. The van der Waals surface area contributed by atoms with Gasteiger partial charge in [0.2, 0.25) is 0 Å². The fraction of sp³-hybridized carbons (Fsp3) is 0.333. The van der Waals surface area contributed by atoms with E-state index < -0.39 is 0 Å². The maximum atomic E-state index is 13.1. The predicted molar refractivity (Wildman–Crippen MR) is 114 cm³/mol. The second kappa shape index (κ2) is 7.66. The molecule has 0 atom stereocenters. The lowest BCUT2D eigenvalue weighted by atomic mass is 10.3. The second-order valence-corrected chi connectivity index (χ2v) is 8.37. The number of thiazole rings is 1. The topological polar surface area (TPSA) is 77.5 Å². The minimum absolute atomic E-state index is 0.0673. The van der Waals surface area contributed by atoms with Crippen LogP contribution in [-0.2, 0) is 11.3 Å². The highest BCUT2D eigenvalue weighted by Crippen LogP contribution is 2.24. The molecule has 0 aliphatic carbocycles. The Bertz CT molecular complexity index is 1220. The zero-order valence-corrected chi connectivity index (χ0v) is 17.7. The molecule has 0 unspecified atom stereocenters. The van der Waals surface area contributed by atoms with Gasteiger partial charge in [-0.25, -0.2) is 15.0 Å². The van der Waals surface area contributed by atoms with Crippen LogP contribution in [0, 0.1) is 13.8 Å².